The molecule has 5 nitrogen and oxygen atoms in total. The highest BCUT2D eigenvalue weighted by Gasteiger charge is 2.36. The van der Waals surface area contributed by atoms with E-state index in [-0.39, 0.29) is 23.7 Å². The van der Waals surface area contributed by atoms with Gasteiger partial charge in [0.25, 0.3) is 0 Å². The minimum Gasteiger partial charge on any atom is -0.661 e. The molecule has 0 saturated carbocycles. The number of carboxylic acids is 1. The zero-order chi connectivity index (χ0) is 27.4. The van der Waals surface area contributed by atoms with Gasteiger partial charge in [-0.15, -0.1) is 6.54 Å². The highest BCUT2D eigenvalue weighted by Crippen LogP contribution is 2.36. The summed E-state index contributed by atoms with van der Waals surface area (Å²) in [5, 5.41) is 14.9. The van der Waals surface area contributed by atoms with E-state index >= 15 is 0 Å². The predicted molar refractivity (Wildman–Crippen MR) is 126 cm³/mol. The molecule has 0 saturated heterocycles. The molecular formula is C26H20F6N3O2-. The molecule has 194 valence electrons. The van der Waals surface area contributed by atoms with E-state index in [0.717, 1.165) is 16.3 Å². The third-order valence-corrected chi connectivity index (χ3v) is 5.17. The van der Waals surface area contributed by atoms with Crippen LogP contribution in [0.25, 0.3) is 27.3 Å². The Morgan fingerprint density at radius 3 is 2.08 bits per heavy atom. The molecule has 0 aliphatic heterocycles. The Bertz CT molecular complexity index is 1380. The van der Waals surface area contributed by atoms with Gasteiger partial charge in [-0.25, -0.2) is 14.8 Å². The number of aryl methyl sites for hydroxylation is 1. The van der Waals surface area contributed by atoms with Crippen molar-refractivity contribution in [3.05, 3.63) is 100 Å². The summed E-state index contributed by atoms with van der Waals surface area (Å²) < 4.78 is 74.3. The van der Waals surface area contributed by atoms with Gasteiger partial charge in [0.1, 0.15) is 11.4 Å². The predicted octanol–water partition coefficient (Wildman–Crippen LogP) is 7.53. The largest absolute Gasteiger partial charge is 0.661 e. The van der Waals surface area contributed by atoms with Gasteiger partial charge in [0, 0.05) is 11.8 Å². The first kappa shape index (κ1) is 27.6. The van der Waals surface area contributed by atoms with Crippen molar-refractivity contribution in [3.63, 3.8) is 0 Å². The summed E-state index contributed by atoms with van der Waals surface area (Å²) in [6.45, 7) is 1.56. The zero-order valence-electron chi connectivity index (χ0n) is 19.5. The van der Waals surface area contributed by atoms with E-state index in [1.54, 1.807) is 6.92 Å². The maximum Gasteiger partial charge on any atom is 0.416 e. The fourth-order valence-electron chi connectivity index (χ4n) is 3.56. The lowest BCUT2D eigenvalue weighted by molar-refractivity contribution is -0.143. The van der Waals surface area contributed by atoms with E-state index in [4.69, 9.17) is 0 Å². The molecule has 1 aromatic heterocycles. The number of rotatable bonds is 4. The Morgan fingerprint density at radius 2 is 1.51 bits per heavy atom. The van der Waals surface area contributed by atoms with Gasteiger partial charge in [-0.05, 0) is 35.9 Å². The lowest BCUT2D eigenvalue weighted by atomic mass is 9.99. The van der Waals surface area contributed by atoms with Gasteiger partial charge >= 0.3 is 18.3 Å². The summed E-state index contributed by atoms with van der Waals surface area (Å²) in [6, 6.07) is 15.1. The van der Waals surface area contributed by atoms with Crippen molar-refractivity contribution in [3.8, 4) is 11.3 Å². The van der Waals surface area contributed by atoms with Crippen molar-refractivity contribution >= 4 is 16.7 Å². The van der Waals surface area contributed by atoms with Crippen LogP contribution in [0.3, 0.4) is 0 Å². The number of fused-ring (bicyclic) bond motifs is 1. The van der Waals surface area contributed by atoms with Crippen molar-refractivity contribution in [2.75, 3.05) is 7.05 Å². The Kier molecular flexibility index (Phi) is 8.17. The van der Waals surface area contributed by atoms with Gasteiger partial charge in [-0.3, -0.25) is 0 Å². The Hall–Kier alpha value is -3.99. The second kappa shape index (κ2) is 11.0. The summed E-state index contributed by atoms with van der Waals surface area (Å²) >= 11 is 0. The highest BCUT2D eigenvalue weighted by molar-refractivity contribution is 6.02. The summed E-state index contributed by atoms with van der Waals surface area (Å²) in [5.41, 5.74) is -1.36. The maximum absolute atomic E-state index is 12.4. The number of carboxylic acid groups (broad SMARTS) is 1. The summed E-state index contributed by atoms with van der Waals surface area (Å²) in [7, 11) is 1.31. The molecule has 11 heteroatoms. The first-order valence-corrected chi connectivity index (χ1v) is 10.7. The summed E-state index contributed by atoms with van der Waals surface area (Å²) in [4.78, 5) is 19.7. The van der Waals surface area contributed by atoms with Crippen LogP contribution in [-0.2, 0) is 18.9 Å². The molecule has 0 spiro atoms. The average molecular weight is 520 g/mol. The summed E-state index contributed by atoms with van der Waals surface area (Å²) in [5.74, 6) is -0.467. The second-order valence-electron chi connectivity index (χ2n) is 7.90. The fraction of sp³-hybridized carbons (Fsp3) is 0.192. The van der Waals surface area contributed by atoms with Crippen molar-refractivity contribution in [1.82, 2.24) is 9.97 Å². The summed E-state index contributed by atoms with van der Waals surface area (Å²) in [6.07, 6.45) is -8.24. The van der Waals surface area contributed by atoms with Crippen LogP contribution in [0.2, 0.25) is 0 Å². The van der Waals surface area contributed by atoms with E-state index in [0.29, 0.717) is 23.7 Å². The molecule has 0 unspecified atom stereocenters. The van der Waals surface area contributed by atoms with Gasteiger partial charge in [0.2, 0.25) is 0 Å². The maximum atomic E-state index is 12.4. The lowest BCUT2D eigenvalue weighted by Gasteiger charge is -2.17. The monoisotopic (exact) mass is 520 g/mol. The molecule has 0 bridgehead atoms. The van der Waals surface area contributed by atoms with Crippen LogP contribution in [-0.4, -0.2) is 28.1 Å². The molecule has 1 heterocycles. The molecule has 0 radical (unpaired) electrons. The van der Waals surface area contributed by atoms with Crippen LogP contribution in [0.5, 0.6) is 0 Å². The van der Waals surface area contributed by atoms with Crippen LogP contribution in [0.1, 0.15) is 32.9 Å². The molecule has 0 amide bonds. The number of nitrogens with zero attached hydrogens (tertiary/aromatic N) is 3. The lowest BCUT2D eigenvalue weighted by Crippen LogP contribution is -2.11. The third kappa shape index (κ3) is 6.82. The number of carbonyl (C=O) groups is 1. The van der Waals surface area contributed by atoms with E-state index in [9.17, 15) is 36.2 Å². The standard InChI is InChI=1S/C16H12N2O2.C10H8F6N/c1-10-17-9-14(16(19)20)15(18-10)13-8-4-6-11-5-2-3-7-12(11)13;1-17-5-6-2-7(9(11,12)13)4-8(3-6)10(14,15)16/h2-9H,1H3,(H,19,20);2-4H,5H2,1H3/q;-1. The molecule has 37 heavy (non-hydrogen) atoms. The van der Waals surface area contributed by atoms with E-state index in [2.05, 4.69) is 15.3 Å². The number of alkyl halides is 6. The molecule has 4 aromatic rings. The first-order valence-electron chi connectivity index (χ1n) is 10.7. The smallest absolute Gasteiger partial charge is 0.416 e. The fourth-order valence-corrected chi connectivity index (χ4v) is 3.56. The van der Waals surface area contributed by atoms with Gasteiger partial charge < -0.3 is 10.4 Å². The molecule has 0 atom stereocenters. The molecule has 0 fully saturated rings. The van der Waals surface area contributed by atoms with Crippen LogP contribution < -0.4 is 0 Å². The average Bonchev–Trinajstić information content (AvgIpc) is 2.83. The van der Waals surface area contributed by atoms with E-state index in [1.807, 2.05) is 42.5 Å². The number of benzene rings is 3. The topological polar surface area (TPSA) is 77.2 Å². The SMILES string of the molecule is C[N-]Cc1cc(C(F)(F)F)cc(C(F)(F)F)c1.Cc1ncc(C(=O)O)c(-c2cccc3ccccc23)n1. The van der Waals surface area contributed by atoms with E-state index < -0.39 is 29.4 Å². The minimum atomic E-state index is -4.80. The highest BCUT2D eigenvalue weighted by atomic mass is 19.4. The Morgan fingerprint density at radius 1 is 0.919 bits per heavy atom. The first-order chi connectivity index (χ1) is 17.3. The molecule has 0 aliphatic carbocycles. The number of aromatic nitrogens is 2. The Labute approximate surface area is 207 Å². The number of halogens is 6. The second-order valence-corrected chi connectivity index (χ2v) is 7.90. The molecule has 3 aromatic carbocycles. The number of hydrogen-bond acceptors (Lipinski definition) is 3. The number of aromatic carboxylic acids is 1. The molecule has 1 N–H and O–H groups in total. The van der Waals surface area contributed by atoms with Crippen LogP contribution in [0, 0.1) is 6.92 Å². The van der Waals surface area contributed by atoms with Crippen molar-refractivity contribution < 1.29 is 36.2 Å². The van der Waals surface area contributed by atoms with Crippen LogP contribution in [0.15, 0.2) is 66.9 Å². The van der Waals surface area contributed by atoms with Crippen LogP contribution >= 0.6 is 0 Å². The van der Waals surface area contributed by atoms with Crippen molar-refractivity contribution in [2.45, 2.75) is 25.8 Å². The number of hydrogen-bond donors (Lipinski definition) is 1. The quantitative estimate of drug-likeness (QED) is 0.282. The molecular weight excluding hydrogens is 500 g/mol. The van der Waals surface area contributed by atoms with E-state index in [1.165, 1.54) is 13.2 Å². The minimum absolute atomic E-state index is 0.0964. The normalized spacial score (nSPS) is 11.7. The van der Waals surface area contributed by atoms with Gasteiger partial charge in [0.05, 0.1) is 16.8 Å². The molecule has 0 aliphatic rings. The zero-order valence-corrected chi connectivity index (χ0v) is 19.5. The van der Waals surface area contributed by atoms with Gasteiger partial charge in [0.15, 0.2) is 0 Å². The van der Waals surface area contributed by atoms with Crippen molar-refractivity contribution in [1.29, 1.82) is 0 Å². The van der Waals surface area contributed by atoms with Crippen LogP contribution in [0.4, 0.5) is 26.3 Å². The van der Waals surface area contributed by atoms with Gasteiger partial charge in [-0.2, -0.15) is 33.4 Å². The van der Waals surface area contributed by atoms with Gasteiger partial charge in [-0.1, -0.05) is 48.0 Å². The molecule has 4 rings (SSSR count). The Balaban J connectivity index is 0.000000209. The third-order valence-electron chi connectivity index (χ3n) is 5.17. The van der Waals surface area contributed by atoms with Crippen molar-refractivity contribution in [2.24, 2.45) is 0 Å².